The minimum atomic E-state index is -3.05. The molecule has 11 heteroatoms. The lowest BCUT2D eigenvalue weighted by Crippen LogP contribution is -2.24. The molecule has 2 aliphatic rings. The molecule has 0 atom stereocenters. The van der Waals surface area contributed by atoms with Crippen molar-refractivity contribution in [3.8, 4) is 22.9 Å². The van der Waals surface area contributed by atoms with Gasteiger partial charge in [0.05, 0.1) is 12.3 Å². The highest BCUT2D eigenvalue weighted by atomic mass is 19.3. The van der Waals surface area contributed by atoms with E-state index < -0.39 is 18.1 Å². The molecule has 5 rings (SSSR count). The molecule has 1 N–H and O–H groups in total. The highest BCUT2D eigenvalue weighted by molar-refractivity contribution is 5.99. The Morgan fingerprint density at radius 1 is 1.09 bits per heavy atom. The van der Waals surface area contributed by atoms with Crippen LogP contribution in [0.1, 0.15) is 39.3 Å². The third-order valence-corrected chi connectivity index (χ3v) is 5.54. The molecular formula is C24H19F2N3O6. The first-order chi connectivity index (χ1) is 16.9. The molecule has 1 aliphatic carbocycles. The lowest BCUT2D eigenvalue weighted by atomic mass is 10.1. The predicted molar refractivity (Wildman–Crippen MR) is 117 cm³/mol. The number of fused-ring (bicyclic) bond motifs is 1. The monoisotopic (exact) mass is 483 g/mol. The molecule has 1 aliphatic heterocycles. The highest BCUT2D eigenvalue weighted by Gasteiger charge is 2.24. The van der Waals surface area contributed by atoms with E-state index in [9.17, 15) is 23.2 Å². The molecule has 1 saturated carbocycles. The number of rotatable bonds is 8. The van der Waals surface area contributed by atoms with Crippen LogP contribution < -0.4 is 25.1 Å². The third-order valence-electron chi connectivity index (χ3n) is 5.54. The van der Waals surface area contributed by atoms with E-state index in [1.165, 1.54) is 30.3 Å². The van der Waals surface area contributed by atoms with E-state index in [-0.39, 0.29) is 34.5 Å². The fraction of sp³-hybridized carbons (Fsp3) is 0.250. The number of aromatic nitrogens is 2. The quantitative estimate of drug-likeness (QED) is 0.387. The van der Waals surface area contributed by atoms with Crippen LogP contribution in [-0.2, 0) is 6.54 Å². The Labute approximate surface area is 197 Å². The van der Waals surface area contributed by atoms with Gasteiger partial charge in [-0.15, -0.1) is 0 Å². The highest BCUT2D eigenvalue weighted by Crippen LogP contribution is 2.34. The average Bonchev–Trinajstić information content (AvgIpc) is 3.60. The van der Waals surface area contributed by atoms with Crippen LogP contribution in [0.25, 0.3) is 5.69 Å². The first-order valence-corrected chi connectivity index (χ1v) is 10.8. The van der Waals surface area contributed by atoms with Crippen molar-refractivity contribution >= 4 is 11.9 Å². The molecule has 1 fully saturated rings. The number of carbonyl (C=O) groups excluding carboxylic acids is 2. The van der Waals surface area contributed by atoms with Gasteiger partial charge >= 0.3 is 12.6 Å². The van der Waals surface area contributed by atoms with Crippen LogP contribution in [0.3, 0.4) is 0 Å². The zero-order valence-electron chi connectivity index (χ0n) is 18.2. The number of nitrogens with zero attached hydrogens (tertiary/aromatic N) is 2. The summed E-state index contributed by atoms with van der Waals surface area (Å²) in [5.74, 6) is -0.748. The third kappa shape index (κ3) is 4.98. The molecule has 0 spiro atoms. The lowest BCUT2D eigenvalue weighted by molar-refractivity contribution is -0.0515. The van der Waals surface area contributed by atoms with Gasteiger partial charge in [-0.1, -0.05) is 6.07 Å². The molecular weight excluding hydrogens is 464 g/mol. The second-order valence-electron chi connectivity index (χ2n) is 8.12. The maximum Gasteiger partial charge on any atom is 0.387 e. The van der Waals surface area contributed by atoms with Gasteiger partial charge in [-0.2, -0.15) is 18.6 Å². The number of carbonyl (C=O) groups is 2. The number of benzene rings is 2. The van der Waals surface area contributed by atoms with E-state index in [1.54, 1.807) is 12.1 Å². The van der Waals surface area contributed by atoms with Gasteiger partial charge in [-0.25, -0.2) is 4.79 Å². The fourth-order valence-electron chi connectivity index (χ4n) is 3.55. The van der Waals surface area contributed by atoms with Crippen molar-refractivity contribution in [2.75, 3.05) is 6.61 Å². The average molecular weight is 483 g/mol. The summed E-state index contributed by atoms with van der Waals surface area (Å²) in [6, 6.07) is 11.0. The summed E-state index contributed by atoms with van der Waals surface area (Å²) in [6.45, 7) is -2.31. The summed E-state index contributed by atoms with van der Waals surface area (Å²) >= 11 is 0. The first-order valence-electron chi connectivity index (χ1n) is 10.8. The number of amides is 1. The topological polar surface area (TPSA) is 109 Å². The standard InChI is InChI=1S/C24H19F2N3O6/c25-24(26)35-19-7-4-15(9-20(19)33-12-13-1-2-13)29-21(30)8-6-18(28-29)23(32)34-16-5-3-14-11-27-22(31)17(14)10-16/h3-10,13,24H,1-2,11-12H2,(H,27,31). The molecule has 35 heavy (non-hydrogen) atoms. The molecule has 2 aromatic carbocycles. The van der Waals surface area contributed by atoms with Gasteiger partial charge in [0, 0.05) is 24.2 Å². The number of hydrogen-bond acceptors (Lipinski definition) is 7. The van der Waals surface area contributed by atoms with Crippen LogP contribution in [0.15, 0.2) is 53.3 Å². The smallest absolute Gasteiger partial charge is 0.387 e. The Hall–Kier alpha value is -4.28. The van der Waals surface area contributed by atoms with E-state index in [2.05, 4.69) is 15.2 Å². The van der Waals surface area contributed by atoms with Crippen molar-refractivity contribution in [1.29, 1.82) is 0 Å². The summed E-state index contributed by atoms with van der Waals surface area (Å²) < 4.78 is 42.0. The SMILES string of the molecule is O=C(Oc1ccc2c(c1)C(=O)NC2)c1ccc(=O)n(-c2ccc(OC(F)F)c(OCC3CC3)c2)n1. The van der Waals surface area contributed by atoms with E-state index in [0.717, 1.165) is 29.2 Å². The number of nitrogens with one attached hydrogen (secondary N) is 1. The Bertz CT molecular complexity index is 1370. The number of esters is 1. The van der Waals surface area contributed by atoms with Crippen molar-refractivity contribution in [2.24, 2.45) is 5.92 Å². The summed E-state index contributed by atoms with van der Waals surface area (Å²) in [5, 5.41) is 6.75. The molecule has 0 bridgehead atoms. The first kappa shape index (κ1) is 22.5. The van der Waals surface area contributed by atoms with Crippen molar-refractivity contribution in [3.05, 3.63) is 75.7 Å². The number of halogens is 2. The molecule has 1 aromatic heterocycles. The Balaban J connectivity index is 1.41. The molecule has 1 amide bonds. The summed E-state index contributed by atoms with van der Waals surface area (Å²) in [4.78, 5) is 37.0. The minimum absolute atomic E-state index is 0.0350. The van der Waals surface area contributed by atoms with Crippen molar-refractivity contribution in [1.82, 2.24) is 15.1 Å². The van der Waals surface area contributed by atoms with E-state index in [1.807, 2.05) is 0 Å². The number of alkyl halides is 2. The van der Waals surface area contributed by atoms with Crippen LogP contribution in [-0.4, -0.2) is 34.9 Å². The van der Waals surface area contributed by atoms with Gasteiger partial charge in [0.25, 0.3) is 11.5 Å². The summed E-state index contributed by atoms with van der Waals surface area (Å²) in [6.07, 6.45) is 1.98. The number of hydrogen-bond donors (Lipinski definition) is 1. The van der Waals surface area contributed by atoms with Crippen LogP contribution >= 0.6 is 0 Å². The Morgan fingerprint density at radius 2 is 1.91 bits per heavy atom. The van der Waals surface area contributed by atoms with Crippen LogP contribution in [0.2, 0.25) is 0 Å². The van der Waals surface area contributed by atoms with Crippen molar-refractivity contribution < 1.29 is 32.6 Å². The van der Waals surface area contributed by atoms with Gasteiger partial charge in [0.1, 0.15) is 5.75 Å². The molecule has 0 radical (unpaired) electrons. The lowest BCUT2D eigenvalue weighted by Gasteiger charge is -2.14. The van der Waals surface area contributed by atoms with E-state index in [4.69, 9.17) is 9.47 Å². The Kier molecular flexibility index (Phi) is 5.89. The summed E-state index contributed by atoms with van der Waals surface area (Å²) in [7, 11) is 0. The maximum absolute atomic E-state index is 12.8. The molecule has 0 unspecified atom stereocenters. The second kappa shape index (κ2) is 9.16. The Morgan fingerprint density at radius 3 is 2.69 bits per heavy atom. The van der Waals surface area contributed by atoms with Gasteiger partial charge in [-0.05, 0) is 54.7 Å². The second-order valence-corrected chi connectivity index (χ2v) is 8.12. The zero-order valence-corrected chi connectivity index (χ0v) is 18.2. The van der Waals surface area contributed by atoms with Gasteiger partial charge < -0.3 is 19.5 Å². The zero-order chi connectivity index (χ0) is 24.5. The van der Waals surface area contributed by atoms with E-state index >= 15 is 0 Å². The van der Waals surface area contributed by atoms with Crippen LogP contribution in [0.4, 0.5) is 8.78 Å². The van der Waals surface area contributed by atoms with Gasteiger partial charge in [0.2, 0.25) is 0 Å². The molecule has 180 valence electrons. The normalized spacial score (nSPS) is 14.4. The molecule has 2 heterocycles. The molecule has 3 aromatic rings. The summed E-state index contributed by atoms with van der Waals surface area (Å²) in [5.41, 5.74) is 0.652. The van der Waals surface area contributed by atoms with Crippen LogP contribution in [0, 0.1) is 5.92 Å². The van der Waals surface area contributed by atoms with Crippen LogP contribution in [0.5, 0.6) is 17.2 Å². The largest absolute Gasteiger partial charge is 0.489 e. The van der Waals surface area contributed by atoms with Gasteiger partial charge in [-0.3, -0.25) is 9.59 Å². The molecule has 9 nitrogen and oxygen atoms in total. The maximum atomic E-state index is 12.8. The van der Waals surface area contributed by atoms with Crippen molar-refractivity contribution in [3.63, 3.8) is 0 Å². The predicted octanol–water partition coefficient (Wildman–Crippen LogP) is 3.09. The van der Waals surface area contributed by atoms with E-state index in [0.29, 0.717) is 24.6 Å². The fourth-order valence-corrected chi connectivity index (χ4v) is 3.55. The number of ether oxygens (including phenoxy) is 3. The van der Waals surface area contributed by atoms with Crippen molar-refractivity contribution in [2.45, 2.75) is 26.0 Å². The molecule has 0 saturated heterocycles. The van der Waals surface area contributed by atoms with Gasteiger partial charge in [0.15, 0.2) is 17.2 Å². The minimum Gasteiger partial charge on any atom is -0.489 e.